The molecule has 1 unspecified atom stereocenters. The fourth-order valence-corrected chi connectivity index (χ4v) is 4.26. The van der Waals surface area contributed by atoms with E-state index in [9.17, 15) is 4.79 Å². The quantitative estimate of drug-likeness (QED) is 0.797. The number of pyridine rings is 1. The molecule has 0 radical (unpaired) electrons. The summed E-state index contributed by atoms with van der Waals surface area (Å²) in [5, 5.41) is 4.03. The minimum absolute atomic E-state index is 0.0136. The summed E-state index contributed by atoms with van der Waals surface area (Å²) in [6.07, 6.45) is 6.09. The van der Waals surface area contributed by atoms with E-state index in [1.807, 2.05) is 11.8 Å². The maximum absolute atomic E-state index is 12.8. The van der Waals surface area contributed by atoms with Crippen LogP contribution in [0.3, 0.4) is 0 Å². The second-order valence-electron chi connectivity index (χ2n) is 7.71. The summed E-state index contributed by atoms with van der Waals surface area (Å²) in [6.45, 7) is 3.95. The summed E-state index contributed by atoms with van der Waals surface area (Å²) < 4.78 is 16.4. The van der Waals surface area contributed by atoms with Gasteiger partial charge in [-0.25, -0.2) is 4.98 Å². The fourth-order valence-electron chi connectivity index (χ4n) is 4.26. The Balaban J connectivity index is 1.35. The van der Waals surface area contributed by atoms with Crippen LogP contribution >= 0.6 is 0 Å². The smallest absolute Gasteiger partial charge is 0.255 e. The predicted molar refractivity (Wildman–Crippen MR) is 100 cm³/mol. The van der Waals surface area contributed by atoms with Crippen molar-refractivity contribution in [2.75, 3.05) is 26.8 Å². The topological polar surface area (TPSA) is 90.6 Å². The second-order valence-corrected chi connectivity index (χ2v) is 7.71. The Morgan fingerprint density at radius 2 is 2.18 bits per heavy atom. The largest absolute Gasteiger partial charge is 0.481 e. The van der Waals surface area contributed by atoms with Gasteiger partial charge in [-0.15, -0.1) is 0 Å². The highest BCUT2D eigenvalue weighted by Gasteiger charge is 2.41. The number of ether oxygens (including phenoxy) is 2. The van der Waals surface area contributed by atoms with E-state index < -0.39 is 0 Å². The number of nitrogens with zero attached hydrogens (tertiary/aromatic N) is 4. The highest BCUT2D eigenvalue weighted by atomic mass is 16.5. The van der Waals surface area contributed by atoms with E-state index in [0.717, 1.165) is 44.5 Å². The van der Waals surface area contributed by atoms with Crippen molar-refractivity contribution in [1.82, 2.24) is 20.0 Å². The highest BCUT2D eigenvalue weighted by Crippen LogP contribution is 2.38. The molecule has 8 heteroatoms. The van der Waals surface area contributed by atoms with Crippen LogP contribution in [0.25, 0.3) is 0 Å². The average molecular weight is 386 g/mol. The first kappa shape index (κ1) is 18.9. The van der Waals surface area contributed by atoms with E-state index >= 15 is 0 Å². The number of methoxy groups -OCH3 is 1. The molecule has 2 fully saturated rings. The number of likely N-dealkylation sites (tertiary alicyclic amines) is 1. The van der Waals surface area contributed by atoms with E-state index in [2.05, 4.69) is 15.1 Å². The predicted octanol–water partition coefficient (Wildman–Crippen LogP) is 2.43. The van der Waals surface area contributed by atoms with E-state index in [1.165, 1.54) is 0 Å². The molecule has 8 nitrogen and oxygen atoms in total. The highest BCUT2D eigenvalue weighted by molar-refractivity contribution is 5.94. The van der Waals surface area contributed by atoms with Gasteiger partial charge in [0.05, 0.1) is 18.3 Å². The lowest BCUT2D eigenvalue weighted by Crippen LogP contribution is -2.51. The molecule has 2 aliphatic heterocycles. The zero-order valence-electron chi connectivity index (χ0n) is 16.4. The first-order valence-corrected chi connectivity index (χ1v) is 9.79. The minimum atomic E-state index is -0.142. The zero-order valence-corrected chi connectivity index (χ0v) is 16.4. The minimum Gasteiger partial charge on any atom is -0.481 e. The lowest BCUT2D eigenvalue weighted by molar-refractivity contribution is -0.123. The molecule has 28 heavy (non-hydrogen) atoms. The number of carbonyl (C=O) groups is 1. The molecule has 2 aromatic rings. The summed E-state index contributed by atoms with van der Waals surface area (Å²) in [4.78, 5) is 23.1. The second kappa shape index (κ2) is 7.87. The fraction of sp³-hybridized carbons (Fsp3) is 0.600. The molecule has 0 bridgehead atoms. The van der Waals surface area contributed by atoms with Crippen molar-refractivity contribution in [1.29, 1.82) is 0 Å². The third-order valence-corrected chi connectivity index (χ3v) is 5.79. The van der Waals surface area contributed by atoms with Gasteiger partial charge in [-0.05, 0) is 37.7 Å². The third kappa shape index (κ3) is 4.01. The SMILES string of the molecule is COc1ccc(C(=O)N2CCC3(CC2)CC(Cc2noc(C)n2)CCO3)cn1. The Bertz CT molecular complexity index is 812. The lowest BCUT2D eigenvalue weighted by atomic mass is 9.78. The summed E-state index contributed by atoms with van der Waals surface area (Å²) in [6, 6.07) is 3.48. The molecular formula is C20H26N4O4. The van der Waals surface area contributed by atoms with Crippen LogP contribution < -0.4 is 4.74 Å². The summed E-state index contributed by atoms with van der Waals surface area (Å²) >= 11 is 0. The van der Waals surface area contributed by atoms with Crippen molar-refractivity contribution in [3.8, 4) is 5.88 Å². The molecule has 2 saturated heterocycles. The molecule has 4 rings (SSSR count). The van der Waals surface area contributed by atoms with Crippen molar-refractivity contribution in [3.05, 3.63) is 35.6 Å². The van der Waals surface area contributed by atoms with Gasteiger partial charge in [-0.1, -0.05) is 5.16 Å². The van der Waals surface area contributed by atoms with Gasteiger partial charge >= 0.3 is 0 Å². The van der Waals surface area contributed by atoms with E-state index in [0.29, 0.717) is 36.3 Å². The molecule has 1 atom stereocenters. The van der Waals surface area contributed by atoms with Crippen molar-refractivity contribution < 1.29 is 18.8 Å². The molecule has 1 amide bonds. The third-order valence-electron chi connectivity index (χ3n) is 5.79. The first-order valence-electron chi connectivity index (χ1n) is 9.79. The Labute approximate surface area is 164 Å². The van der Waals surface area contributed by atoms with Crippen LogP contribution in [-0.4, -0.2) is 58.3 Å². The number of piperidine rings is 1. The molecule has 1 spiro atoms. The van der Waals surface area contributed by atoms with Crippen LogP contribution in [0.4, 0.5) is 0 Å². The number of amides is 1. The van der Waals surface area contributed by atoms with Crippen molar-refractivity contribution in [2.24, 2.45) is 5.92 Å². The van der Waals surface area contributed by atoms with Gasteiger partial charge in [0.25, 0.3) is 5.91 Å². The molecule has 0 aliphatic carbocycles. The monoisotopic (exact) mass is 386 g/mol. The molecule has 150 valence electrons. The number of aromatic nitrogens is 3. The Morgan fingerprint density at radius 3 is 2.82 bits per heavy atom. The maximum atomic E-state index is 12.8. The van der Waals surface area contributed by atoms with E-state index in [1.54, 1.807) is 25.4 Å². The van der Waals surface area contributed by atoms with Crippen molar-refractivity contribution in [3.63, 3.8) is 0 Å². The molecule has 0 aromatic carbocycles. The number of rotatable bonds is 4. The standard InChI is InChI=1S/C20H26N4O4/c1-14-22-17(23-28-14)11-15-5-10-27-20(12-15)6-8-24(9-7-20)19(25)16-3-4-18(26-2)21-13-16/h3-4,13,15H,5-12H2,1-2H3. The van der Waals surface area contributed by atoms with Crippen molar-refractivity contribution >= 4 is 5.91 Å². The van der Waals surface area contributed by atoms with Crippen LogP contribution in [0.2, 0.25) is 0 Å². The van der Waals surface area contributed by atoms with Crippen LogP contribution in [0.5, 0.6) is 5.88 Å². The average Bonchev–Trinajstić information content (AvgIpc) is 3.13. The van der Waals surface area contributed by atoms with E-state index in [-0.39, 0.29) is 11.5 Å². The van der Waals surface area contributed by atoms with Gasteiger partial charge in [-0.3, -0.25) is 4.79 Å². The van der Waals surface area contributed by atoms with Crippen LogP contribution in [0.1, 0.15) is 47.8 Å². The Kier molecular flexibility index (Phi) is 5.30. The van der Waals surface area contributed by atoms with Gasteiger partial charge in [-0.2, -0.15) is 4.98 Å². The Morgan fingerprint density at radius 1 is 1.36 bits per heavy atom. The number of aryl methyl sites for hydroxylation is 1. The van der Waals surface area contributed by atoms with Crippen LogP contribution in [0.15, 0.2) is 22.9 Å². The number of carbonyl (C=O) groups excluding carboxylic acids is 1. The molecule has 0 saturated carbocycles. The lowest BCUT2D eigenvalue weighted by Gasteiger charge is -2.46. The molecule has 4 heterocycles. The van der Waals surface area contributed by atoms with Crippen molar-refractivity contribution in [2.45, 2.75) is 44.6 Å². The van der Waals surface area contributed by atoms with Gasteiger partial charge in [0.2, 0.25) is 11.8 Å². The normalized spacial score (nSPS) is 21.6. The van der Waals surface area contributed by atoms with Gasteiger partial charge < -0.3 is 18.9 Å². The molecule has 0 N–H and O–H groups in total. The molecule has 2 aromatic heterocycles. The van der Waals surface area contributed by atoms with Gasteiger partial charge in [0, 0.05) is 45.3 Å². The number of hydrogen-bond donors (Lipinski definition) is 0. The van der Waals surface area contributed by atoms with Gasteiger partial charge in [0.1, 0.15) is 0 Å². The Hall–Kier alpha value is -2.48. The summed E-state index contributed by atoms with van der Waals surface area (Å²) in [5.41, 5.74) is 0.447. The zero-order chi connectivity index (χ0) is 19.6. The van der Waals surface area contributed by atoms with Crippen LogP contribution in [-0.2, 0) is 11.2 Å². The molecular weight excluding hydrogens is 360 g/mol. The summed E-state index contributed by atoms with van der Waals surface area (Å²) in [7, 11) is 1.56. The number of hydrogen-bond acceptors (Lipinski definition) is 7. The molecule has 2 aliphatic rings. The van der Waals surface area contributed by atoms with Gasteiger partial charge in [0.15, 0.2) is 5.82 Å². The van der Waals surface area contributed by atoms with Crippen LogP contribution in [0, 0.1) is 12.8 Å². The first-order chi connectivity index (χ1) is 13.6. The maximum Gasteiger partial charge on any atom is 0.255 e. The summed E-state index contributed by atoms with van der Waals surface area (Å²) in [5.74, 6) is 2.39. The van der Waals surface area contributed by atoms with E-state index in [4.69, 9.17) is 14.0 Å².